The lowest BCUT2D eigenvalue weighted by molar-refractivity contribution is 0.199. The minimum atomic E-state index is -0.794. The second-order valence-electron chi connectivity index (χ2n) is 4.54. The van der Waals surface area contributed by atoms with Crippen molar-refractivity contribution in [2.75, 3.05) is 11.9 Å². The average Bonchev–Trinajstić information content (AvgIpc) is 2.46. The monoisotopic (exact) mass is 270 g/mol. The Morgan fingerprint density at radius 3 is 2.55 bits per heavy atom. The third kappa shape index (κ3) is 2.49. The van der Waals surface area contributed by atoms with Gasteiger partial charge in [-0.2, -0.15) is 5.26 Å². The molecule has 0 saturated carbocycles. The van der Waals surface area contributed by atoms with Crippen LogP contribution in [0.4, 0.5) is 15.8 Å². The highest BCUT2D eigenvalue weighted by Gasteiger charge is 2.18. The van der Waals surface area contributed by atoms with E-state index in [9.17, 15) is 9.50 Å². The largest absolute Gasteiger partial charge is 0.389 e. The van der Waals surface area contributed by atoms with Crippen LogP contribution in [0.3, 0.4) is 0 Å². The summed E-state index contributed by atoms with van der Waals surface area (Å²) in [4.78, 5) is 1.59. The Balaban J connectivity index is 2.60. The molecule has 20 heavy (non-hydrogen) atoms. The number of nitrogens with zero attached hydrogens (tertiary/aromatic N) is 2. The molecule has 3 nitrogen and oxygen atoms in total. The van der Waals surface area contributed by atoms with Gasteiger partial charge in [-0.1, -0.05) is 24.3 Å². The zero-order chi connectivity index (χ0) is 14.7. The van der Waals surface area contributed by atoms with Crippen LogP contribution in [0, 0.1) is 17.1 Å². The number of hydrogen-bond acceptors (Lipinski definition) is 3. The van der Waals surface area contributed by atoms with Gasteiger partial charge in [0.2, 0.25) is 0 Å². The highest BCUT2D eigenvalue weighted by atomic mass is 19.1. The third-order valence-electron chi connectivity index (χ3n) is 3.19. The summed E-state index contributed by atoms with van der Waals surface area (Å²) in [6.45, 7) is 1.59. The van der Waals surface area contributed by atoms with E-state index < -0.39 is 11.9 Å². The van der Waals surface area contributed by atoms with E-state index in [1.54, 1.807) is 55.3 Å². The number of hydrogen-bond donors (Lipinski definition) is 1. The summed E-state index contributed by atoms with van der Waals surface area (Å²) in [5.41, 5.74) is 1.82. The maximum absolute atomic E-state index is 14.1. The molecule has 0 amide bonds. The van der Waals surface area contributed by atoms with Crippen LogP contribution in [0.15, 0.2) is 42.5 Å². The van der Waals surface area contributed by atoms with Crippen molar-refractivity contribution in [3.63, 3.8) is 0 Å². The highest BCUT2D eigenvalue weighted by Crippen LogP contribution is 2.34. The van der Waals surface area contributed by atoms with Gasteiger partial charge in [0.05, 0.1) is 23.0 Å². The molecule has 0 aliphatic carbocycles. The molecule has 0 aliphatic heterocycles. The molecule has 1 unspecified atom stereocenters. The first kappa shape index (κ1) is 14.0. The highest BCUT2D eigenvalue weighted by molar-refractivity contribution is 5.71. The standard InChI is InChI=1S/C16H15FN2O/c1-11(20)13-7-5-8-14(17)16(13)19(2)15-9-4-3-6-12(15)10-18/h3-9,11,20H,1-2H3. The van der Waals surface area contributed by atoms with Crippen LogP contribution in [0.25, 0.3) is 0 Å². The first-order valence-corrected chi connectivity index (χ1v) is 6.25. The normalized spacial score (nSPS) is 11.8. The van der Waals surface area contributed by atoms with Gasteiger partial charge in [0, 0.05) is 12.6 Å². The van der Waals surface area contributed by atoms with E-state index in [1.165, 1.54) is 6.07 Å². The van der Waals surface area contributed by atoms with Gasteiger partial charge >= 0.3 is 0 Å². The van der Waals surface area contributed by atoms with E-state index in [0.717, 1.165) is 0 Å². The summed E-state index contributed by atoms with van der Waals surface area (Å²) >= 11 is 0. The van der Waals surface area contributed by atoms with Crippen LogP contribution >= 0.6 is 0 Å². The molecular formula is C16H15FN2O. The lowest BCUT2D eigenvalue weighted by atomic mass is 10.1. The molecule has 102 valence electrons. The van der Waals surface area contributed by atoms with Crippen LogP contribution in [0.1, 0.15) is 24.2 Å². The van der Waals surface area contributed by atoms with Crippen LogP contribution in [-0.4, -0.2) is 12.2 Å². The minimum Gasteiger partial charge on any atom is -0.389 e. The second kappa shape index (κ2) is 5.72. The number of nitriles is 1. The fourth-order valence-electron chi connectivity index (χ4n) is 2.20. The maximum atomic E-state index is 14.1. The Labute approximate surface area is 117 Å². The molecular weight excluding hydrogens is 255 g/mol. The summed E-state index contributed by atoms with van der Waals surface area (Å²) in [6.07, 6.45) is -0.794. The van der Waals surface area contributed by atoms with Crippen molar-refractivity contribution in [1.29, 1.82) is 5.26 Å². The van der Waals surface area contributed by atoms with E-state index in [2.05, 4.69) is 6.07 Å². The Bertz CT molecular complexity index is 662. The van der Waals surface area contributed by atoms with E-state index in [1.807, 2.05) is 0 Å². The molecule has 1 atom stereocenters. The Morgan fingerprint density at radius 2 is 1.90 bits per heavy atom. The molecule has 2 aromatic rings. The molecule has 4 heteroatoms. The summed E-state index contributed by atoms with van der Waals surface area (Å²) in [5.74, 6) is -0.432. The molecule has 0 radical (unpaired) electrons. The van der Waals surface area contributed by atoms with E-state index in [-0.39, 0.29) is 5.69 Å². The van der Waals surface area contributed by atoms with Crippen LogP contribution in [0.2, 0.25) is 0 Å². The predicted molar refractivity (Wildman–Crippen MR) is 76.3 cm³/mol. The maximum Gasteiger partial charge on any atom is 0.147 e. The van der Waals surface area contributed by atoms with Crippen molar-refractivity contribution in [3.8, 4) is 6.07 Å². The van der Waals surface area contributed by atoms with Gasteiger partial charge in [0.25, 0.3) is 0 Å². The minimum absolute atomic E-state index is 0.283. The van der Waals surface area contributed by atoms with Crippen molar-refractivity contribution < 1.29 is 9.50 Å². The molecule has 2 aromatic carbocycles. The smallest absolute Gasteiger partial charge is 0.147 e. The van der Waals surface area contributed by atoms with Crippen molar-refractivity contribution in [1.82, 2.24) is 0 Å². The number of aliphatic hydroxyl groups is 1. The fraction of sp³-hybridized carbons (Fsp3) is 0.188. The zero-order valence-electron chi connectivity index (χ0n) is 11.3. The number of rotatable bonds is 3. The second-order valence-corrected chi connectivity index (χ2v) is 4.54. The molecule has 0 spiro atoms. The number of aliphatic hydroxyl groups excluding tert-OH is 1. The predicted octanol–water partition coefficient (Wildman–Crippen LogP) is 3.52. The topological polar surface area (TPSA) is 47.3 Å². The summed E-state index contributed by atoms with van der Waals surface area (Å²) < 4.78 is 14.1. The van der Waals surface area contributed by atoms with Gasteiger partial charge in [-0.25, -0.2) is 4.39 Å². The Hall–Kier alpha value is -2.38. The van der Waals surface area contributed by atoms with Crippen LogP contribution in [-0.2, 0) is 0 Å². The van der Waals surface area contributed by atoms with Crippen LogP contribution < -0.4 is 4.90 Å². The molecule has 0 fully saturated rings. The van der Waals surface area contributed by atoms with Crippen LogP contribution in [0.5, 0.6) is 0 Å². The number of anilines is 2. The van der Waals surface area contributed by atoms with E-state index in [0.29, 0.717) is 16.8 Å². The SMILES string of the molecule is CC(O)c1cccc(F)c1N(C)c1ccccc1C#N. The molecule has 0 saturated heterocycles. The van der Waals surface area contributed by atoms with Crippen molar-refractivity contribution >= 4 is 11.4 Å². The zero-order valence-corrected chi connectivity index (χ0v) is 11.3. The molecule has 2 rings (SSSR count). The number of benzene rings is 2. The lowest BCUT2D eigenvalue weighted by Crippen LogP contribution is -2.16. The number of para-hydroxylation sites is 2. The van der Waals surface area contributed by atoms with Crippen molar-refractivity contribution in [2.24, 2.45) is 0 Å². The fourth-order valence-corrected chi connectivity index (χ4v) is 2.20. The molecule has 0 aliphatic rings. The van der Waals surface area contributed by atoms with Gasteiger partial charge in [0.15, 0.2) is 0 Å². The quantitative estimate of drug-likeness (QED) is 0.928. The van der Waals surface area contributed by atoms with Gasteiger partial charge in [-0.05, 0) is 25.1 Å². The first-order chi connectivity index (χ1) is 9.56. The average molecular weight is 270 g/mol. The summed E-state index contributed by atoms with van der Waals surface area (Å²) in [7, 11) is 1.68. The Kier molecular flexibility index (Phi) is 4.02. The van der Waals surface area contributed by atoms with E-state index in [4.69, 9.17) is 5.26 Å². The molecule has 1 N–H and O–H groups in total. The summed E-state index contributed by atoms with van der Waals surface area (Å²) in [6, 6.07) is 13.6. The van der Waals surface area contributed by atoms with Gasteiger partial charge in [0.1, 0.15) is 11.9 Å². The first-order valence-electron chi connectivity index (χ1n) is 6.25. The van der Waals surface area contributed by atoms with Crippen molar-refractivity contribution in [2.45, 2.75) is 13.0 Å². The lowest BCUT2D eigenvalue weighted by Gasteiger charge is -2.25. The van der Waals surface area contributed by atoms with Gasteiger partial charge in [-0.3, -0.25) is 0 Å². The third-order valence-corrected chi connectivity index (χ3v) is 3.19. The summed E-state index contributed by atoms with van der Waals surface area (Å²) in [5, 5.41) is 18.9. The van der Waals surface area contributed by atoms with E-state index >= 15 is 0 Å². The number of halogens is 1. The van der Waals surface area contributed by atoms with Gasteiger partial charge in [-0.15, -0.1) is 0 Å². The molecule has 0 heterocycles. The molecule has 0 aromatic heterocycles. The molecule has 0 bridgehead atoms. The van der Waals surface area contributed by atoms with Crippen molar-refractivity contribution in [3.05, 3.63) is 59.4 Å². The van der Waals surface area contributed by atoms with Gasteiger partial charge < -0.3 is 10.0 Å². The Morgan fingerprint density at radius 1 is 1.20 bits per heavy atom.